The number of H-pyrrole nitrogens is 2. The predicted octanol–water partition coefficient (Wildman–Crippen LogP) is 5.48. The van der Waals surface area contributed by atoms with Gasteiger partial charge in [0.05, 0.1) is 44.0 Å². The number of fused-ring (bicyclic) bond motifs is 6. The minimum atomic E-state index is -0.691. The number of hydrogen-bond acceptors (Lipinski definition) is 9. The molecule has 1 aliphatic heterocycles. The van der Waals surface area contributed by atoms with Crippen molar-refractivity contribution in [3.05, 3.63) is 78.6 Å². The third-order valence-corrected chi connectivity index (χ3v) is 10.9. The molecule has 7 rings (SSSR count). The van der Waals surface area contributed by atoms with Gasteiger partial charge in [0.2, 0.25) is 0 Å². The molecule has 1 aliphatic rings. The minimum Gasteiger partial charge on any atom is -0.488 e. The van der Waals surface area contributed by atoms with Gasteiger partial charge in [-0.1, -0.05) is 36.4 Å². The number of methoxy groups -OCH3 is 2. The lowest BCUT2D eigenvalue weighted by molar-refractivity contribution is -0.112. The smallest absolute Gasteiger partial charge is 0.407 e. The number of nitrogens with one attached hydrogen (secondary N) is 4. The normalized spacial score (nSPS) is 12.8. The molecule has 0 bridgehead atoms. The molecule has 2 aromatic heterocycles. The van der Waals surface area contributed by atoms with Gasteiger partial charge < -0.3 is 34.8 Å². The van der Waals surface area contributed by atoms with Gasteiger partial charge in [-0.15, -0.1) is 0 Å². The van der Waals surface area contributed by atoms with E-state index in [9.17, 15) is 19.2 Å². The highest BCUT2D eigenvalue weighted by Gasteiger charge is 2.22. The molecule has 15 heteroatoms. The van der Waals surface area contributed by atoms with E-state index < -0.39 is 18.2 Å². The summed E-state index contributed by atoms with van der Waals surface area (Å²) in [4.78, 5) is 62.9. The molecule has 0 radical (unpaired) electrons. The van der Waals surface area contributed by atoms with Crippen LogP contribution in [0.15, 0.2) is 73.1 Å². The maximum atomic E-state index is 12.6. The lowest BCUT2D eigenvalue weighted by atomic mass is 9.90. The summed E-state index contributed by atoms with van der Waals surface area (Å²) >= 11 is 0. The number of rotatable bonds is 11. The first kappa shape index (κ1) is 34.8. The summed E-state index contributed by atoms with van der Waals surface area (Å²) in [6.07, 6.45) is 2.42. The number of benzene rings is 4. The SMILES string of the molecule is COC(=O)NCCC(=O)Pc1ncc(-c2ccc3c4c(ccc3c2)-c2cc3ccc(-c5cnc(PC(=O)C(C)NC(=O)OC)[nH]5)cc3cc2OC4)[nH]1. The summed E-state index contributed by atoms with van der Waals surface area (Å²) in [6, 6.07) is 20.2. The van der Waals surface area contributed by atoms with Crippen LogP contribution in [0.4, 0.5) is 9.59 Å². The Kier molecular flexibility index (Phi) is 9.98. The molecule has 264 valence electrons. The zero-order chi connectivity index (χ0) is 36.4. The number of imidazole rings is 2. The number of amides is 2. The summed E-state index contributed by atoms with van der Waals surface area (Å²) in [5.74, 6) is 0.805. The molecule has 2 amide bonds. The van der Waals surface area contributed by atoms with Gasteiger partial charge in [0, 0.05) is 52.4 Å². The Bertz CT molecular complexity index is 2370. The highest BCUT2D eigenvalue weighted by atomic mass is 31.1. The maximum Gasteiger partial charge on any atom is 0.407 e. The first-order valence-corrected chi connectivity index (χ1v) is 18.3. The molecule has 0 saturated heterocycles. The van der Waals surface area contributed by atoms with Crippen molar-refractivity contribution in [2.24, 2.45) is 0 Å². The summed E-state index contributed by atoms with van der Waals surface area (Å²) in [5, 5.41) is 9.23. The molecule has 13 nitrogen and oxygen atoms in total. The van der Waals surface area contributed by atoms with Crippen molar-refractivity contribution in [3.8, 4) is 39.4 Å². The fraction of sp³-hybridized carbons (Fsp3) is 0.189. The van der Waals surface area contributed by atoms with E-state index in [1.165, 1.54) is 14.2 Å². The molecular formula is C37H34N6O7P2. The summed E-state index contributed by atoms with van der Waals surface area (Å²) in [7, 11) is 2.14. The number of carbonyl (C=O) groups excluding carboxylic acids is 4. The highest BCUT2D eigenvalue weighted by molar-refractivity contribution is 7.65. The van der Waals surface area contributed by atoms with Crippen LogP contribution >= 0.6 is 17.2 Å². The van der Waals surface area contributed by atoms with Crippen molar-refractivity contribution >= 4 is 73.1 Å². The van der Waals surface area contributed by atoms with E-state index in [0.29, 0.717) is 17.7 Å². The summed E-state index contributed by atoms with van der Waals surface area (Å²) < 4.78 is 15.5. The molecule has 0 saturated carbocycles. The largest absolute Gasteiger partial charge is 0.488 e. The van der Waals surface area contributed by atoms with E-state index in [4.69, 9.17) is 4.74 Å². The second-order valence-corrected chi connectivity index (χ2v) is 14.6. The van der Waals surface area contributed by atoms with E-state index in [1.54, 1.807) is 19.3 Å². The first-order valence-electron chi connectivity index (χ1n) is 16.3. The zero-order valence-electron chi connectivity index (χ0n) is 28.4. The first-order chi connectivity index (χ1) is 25.2. The van der Waals surface area contributed by atoms with E-state index in [1.807, 2.05) is 12.1 Å². The monoisotopic (exact) mass is 736 g/mol. The highest BCUT2D eigenvalue weighted by Crippen LogP contribution is 2.43. The van der Waals surface area contributed by atoms with Crippen LogP contribution in [0.5, 0.6) is 5.75 Å². The second-order valence-electron chi connectivity index (χ2n) is 12.1. The molecule has 4 N–H and O–H groups in total. The minimum absolute atomic E-state index is 0.0176. The van der Waals surface area contributed by atoms with Crippen molar-refractivity contribution in [2.75, 3.05) is 20.8 Å². The Morgan fingerprint density at radius 2 is 1.48 bits per heavy atom. The molecule has 0 fully saturated rings. The van der Waals surface area contributed by atoms with E-state index in [-0.39, 0.29) is 41.2 Å². The van der Waals surface area contributed by atoms with Gasteiger partial charge >= 0.3 is 12.2 Å². The third kappa shape index (κ3) is 7.37. The lowest BCUT2D eigenvalue weighted by Gasteiger charge is -2.23. The van der Waals surface area contributed by atoms with Gasteiger partial charge in [-0.2, -0.15) is 0 Å². The number of aromatic nitrogens is 4. The van der Waals surface area contributed by atoms with Crippen LogP contribution in [0, 0.1) is 0 Å². The zero-order valence-corrected chi connectivity index (χ0v) is 30.4. The van der Waals surface area contributed by atoms with E-state index in [2.05, 4.69) is 88.6 Å². The molecular weight excluding hydrogens is 702 g/mol. The van der Waals surface area contributed by atoms with Crippen molar-refractivity contribution < 1.29 is 33.4 Å². The van der Waals surface area contributed by atoms with Crippen LogP contribution in [0.25, 0.3) is 55.2 Å². The Labute approximate surface area is 301 Å². The lowest BCUT2D eigenvalue weighted by Crippen LogP contribution is -2.37. The molecule has 0 spiro atoms. The van der Waals surface area contributed by atoms with Crippen LogP contribution in [0.1, 0.15) is 18.9 Å². The van der Waals surface area contributed by atoms with Gasteiger partial charge in [-0.25, -0.2) is 19.6 Å². The fourth-order valence-corrected chi connectivity index (χ4v) is 7.72. The average Bonchev–Trinajstić information content (AvgIpc) is 3.83. The quantitative estimate of drug-likeness (QED) is 0.125. The summed E-state index contributed by atoms with van der Waals surface area (Å²) in [6.45, 7) is 2.25. The third-order valence-electron chi connectivity index (χ3n) is 8.73. The number of nitrogens with zero attached hydrogens (tertiary/aromatic N) is 2. The van der Waals surface area contributed by atoms with Crippen LogP contribution in [0.2, 0.25) is 0 Å². The maximum absolute atomic E-state index is 12.6. The number of hydrogen-bond donors (Lipinski definition) is 4. The molecule has 3 unspecified atom stereocenters. The van der Waals surface area contributed by atoms with Crippen LogP contribution in [-0.4, -0.2) is 70.0 Å². The van der Waals surface area contributed by atoms with Gasteiger partial charge in [-0.05, 0) is 58.3 Å². The van der Waals surface area contributed by atoms with Crippen LogP contribution < -0.4 is 26.5 Å². The number of ether oxygens (including phenoxy) is 3. The Morgan fingerprint density at radius 1 is 0.808 bits per heavy atom. The predicted molar refractivity (Wildman–Crippen MR) is 202 cm³/mol. The van der Waals surface area contributed by atoms with E-state index in [0.717, 1.165) is 66.5 Å². The molecule has 3 heterocycles. The average molecular weight is 737 g/mol. The van der Waals surface area contributed by atoms with Gasteiger partial charge in [0.25, 0.3) is 0 Å². The topological polar surface area (TPSA) is 177 Å². The molecule has 4 aromatic carbocycles. The van der Waals surface area contributed by atoms with E-state index >= 15 is 0 Å². The second kappa shape index (κ2) is 14.9. The molecule has 6 aromatic rings. The fourth-order valence-electron chi connectivity index (χ4n) is 6.03. The Morgan fingerprint density at radius 3 is 2.21 bits per heavy atom. The van der Waals surface area contributed by atoms with Crippen LogP contribution in [-0.2, 0) is 25.7 Å². The molecule has 52 heavy (non-hydrogen) atoms. The van der Waals surface area contributed by atoms with Crippen molar-refractivity contribution in [2.45, 2.75) is 26.0 Å². The Hall–Kier alpha value is -5.64. The van der Waals surface area contributed by atoms with Crippen molar-refractivity contribution in [1.82, 2.24) is 30.6 Å². The van der Waals surface area contributed by atoms with Crippen molar-refractivity contribution in [1.29, 1.82) is 0 Å². The van der Waals surface area contributed by atoms with Crippen molar-refractivity contribution in [3.63, 3.8) is 0 Å². The standard InChI is InChI=1S/C37H34N6O7P2/c1-19(41-37(47)49-3)33(45)52-35-40-17-29(43-35)22-5-4-20-14-27-26-9-6-21-12-23(7-8-25(21)28(26)18-50-31(27)15-24(20)13-22)30-16-39-34(42-30)51-32(44)10-11-38-36(46)48-2/h4-9,12-17,19,51-52H,10-11,18H2,1-3H3,(H,38,46)(H,39,42)(H,40,43)(H,41,47). The number of aromatic amines is 2. The van der Waals surface area contributed by atoms with Gasteiger partial charge in [0.15, 0.2) is 11.0 Å². The van der Waals surface area contributed by atoms with Gasteiger partial charge in [0.1, 0.15) is 23.5 Å². The van der Waals surface area contributed by atoms with Gasteiger partial charge in [-0.3, -0.25) is 9.59 Å². The summed E-state index contributed by atoms with van der Waals surface area (Å²) in [5.41, 5.74) is 7.69. The number of carbonyl (C=O) groups is 4. The molecule has 0 aliphatic carbocycles. The van der Waals surface area contributed by atoms with Crippen LogP contribution in [0.3, 0.4) is 0 Å². The number of alkyl carbamates (subject to hydrolysis) is 2. The Balaban J connectivity index is 1.07. The molecule has 3 atom stereocenters.